The van der Waals surface area contributed by atoms with Gasteiger partial charge >= 0.3 is 0 Å². The summed E-state index contributed by atoms with van der Waals surface area (Å²) >= 11 is 0. The van der Waals surface area contributed by atoms with Crippen molar-refractivity contribution in [1.82, 2.24) is 4.98 Å². The van der Waals surface area contributed by atoms with Crippen molar-refractivity contribution in [2.45, 2.75) is 26.4 Å². The molecule has 0 unspecified atom stereocenters. The lowest BCUT2D eigenvalue weighted by Gasteiger charge is -2.20. The van der Waals surface area contributed by atoms with Crippen LogP contribution in [0.5, 0.6) is 5.75 Å². The summed E-state index contributed by atoms with van der Waals surface area (Å²) in [6, 6.07) is 3.58. The third-order valence-electron chi connectivity index (χ3n) is 1.01. The van der Waals surface area contributed by atoms with Crippen LogP contribution in [0.15, 0.2) is 18.3 Å². The minimum absolute atomic E-state index is 0.150. The van der Waals surface area contributed by atoms with Gasteiger partial charge in [0.15, 0.2) is 0 Å². The number of hydrogen-bond donors (Lipinski definition) is 0. The van der Waals surface area contributed by atoms with Crippen LogP contribution in [0.25, 0.3) is 0 Å². The number of hydrogen-bond acceptors (Lipinski definition) is 2. The Morgan fingerprint density at radius 3 is 2.64 bits per heavy atom. The molecule has 0 saturated carbocycles. The average Bonchev–Trinajstić information content (AvgIpc) is 1.85. The average molecular weight is 150 g/mol. The Morgan fingerprint density at radius 2 is 2.18 bits per heavy atom. The van der Waals surface area contributed by atoms with Crippen LogP contribution >= 0.6 is 0 Å². The summed E-state index contributed by atoms with van der Waals surface area (Å²) in [5, 5.41) is 0. The largest absolute Gasteiger partial charge is 0.487 e. The molecule has 0 aliphatic heterocycles. The first kappa shape index (κ1) is 8.05. The summed E-state index contributed by atoms with van der Waals surface area (Å²) < 4.78 is 5.52. The summed E-state index contributed by atoms with van der Waals surface area (Å²) in [4.78, 5) is 3.82. The summed E-state index contributed by atoms with van der Waals surface area (Å²) in [5.74, 6) is 0.788. The Kier molecular flexibility index (Phi) is 2.13. The van der Waals surface area contributed by atoms with E-state index < -0.39 is 0 Å². The highest BCUT2D eigenvalue weighted by Gasteiger charge is 2.10. The lowest BCUT2D eigenvalue weighted by atomic mass is 10.2. The van der Waals surface area contributed by atoms with Gasteiger partial charge in [0, 0.05) is 0 Å². The molecule has 0 spiro atoms. The quantitative estimate of drug-likeness (QED) is 0.611. The molecule has 0 N–H and O–H groups in total. The van der Waals surface area contributed by atoms with E-state index in [4.69, 9.17) is 4.74 Å². The van der Waals surface area contributed by atoms with E-state index in [9.17, 15) is 0 Å². The van der Waals surface area contributed by atoms with Gasteiger partial charge < -0.3 is 4.74 Å². The highest BCUT2D eigenvalue weighted by Crippen LogP contribution is 2.14. The topological polar surface area (TPSA) is 22.1 Å². The summed E-state index contributed by atoms with van der Waals surface area (Å²) in [6.45, 7) is 6.01. The highest BCUT2D eigenvalue weighted by atomic mass is 16.5. The van der Waals surface area contributed by atoms with Crippen molar-refractivity contribution in [3.63, 3.8) is 0 Å². The number of aromatic nitrogens is 1. The third-order valence-corrected chi connectivity index (χ3v) is 1.01. The first-order chi connectivity index (χ1) is 5.08. The second-order valence-electron chi connectivity index (χ2n) is 3.34. The zero-order chi connectivity index (χ0) is 8.32. The molecule has 1 aromatic rings. The molecule has 0 atom stereocenters. The van der Waals surface area contributed by atoms with Crippen molar-refractivity contribution in [3.8, 4) is 5.75 Å². The van der Waals surface area contributed by atoms with E-state index in [1.807, 2.05) is 26.8 Å². The Balaban J connectivity index is 2.66. The van der Waals surface area contributed by atoms with Gasteiger partial charge in [0.05, 0.1) is 12.4 Å². The Morgan fingerprint density at radius 1 is 1.45 bits per heavy atom. The molecular formula is C9H12NO. The monoisotopic (exact) mass is 150 g/mol. The highest BCUT2D eigenvalue weighted by molar-refractivity contribution is 5.15. The molecule has 2 heteroatoms. The lowest BCUT2D eigenvalue weighted by Crippen LogP contribution is -2.22. The van der Waals surface area contributed by atoms with Gasteiger partial charge in [-0.3, -0.25) is 4.98 Å². The summed E-state index contributed by atoms with van der Waals surface area (Å²) in [5.41, 5.74) is -0.150. The molecule has 0 bridgehead atoms. The molecule has 0 amide bonds. The number of ether oxygens (including phenoxy) is 1. The number of nitrogens with zero attached hydrogens (tertiary/aromatic N) is 1. The molecule has 0 aromatic carbocycles. The van der Waals surface area contributed by atoms with E-state index in [2.05, 4.69) is 11.2 Å². The predicted molar refractivity (Wildman–Crippen MR) is 43.5 cm³/mol. The molecule has 11 heavy (non-hydrogen) atoms. The van der Waals surface area contributed by atoms with Gasteiger partial charge in [-0.1, -0.05) is 0 Å². The Labute approximate surface area is 67.2 Å². The maximum atomic E-state index is 5.52. The van der Waals surface area contributed by atoms with Crippen LogP contribution in [-0.4, -0.2) is 10.6 Å². The van der Waals surface area contributed by atoms with Gasteiger partial charge in [-0.25, -0.2) is 0 Å². The van der Waals surface area contributed by atoms with Gasteiger partial charge in [0.2, 0.25) is 0 Å². The normalized spacial score (nSPS) is 11.2. The minimum Gasteiger partial charge on any atom is -0.487 e. The van der Waals surface area contributed by atoms with Gasteiger partial charge in [0.25, 0.3) is 0 Å². The molecule has 1 radical (unpaired) electrons. The lowest BCUT2D eigenvalue weighted by molar-refractivity contribution is 0.130. The fraction of sp³-hybridized carbons (Fsp3) is 0.444. The molecule has 0 aliphatic rings. The van der Waals surface area contributed by atoms with Gasteiger partial charge in [0.1, 0.15) is 11.4 Å². The van der Waals surface area contributed by atoms with Gasteiger partial charge in [-0.15, -0.1) is 0 Å². The van der Waals surface area contributed by atoms with E-state index in [0.29, 0.717) is 0 Å². The first-order valence-corrected chi connectivity index (χ1v) is 3.59. The van der Waals surface area contributed by atoms with E-state index in [1.54, 1.807) is 12.3 Å². The molecule has 1 aromatic heterocycles. The van der Waals surface area contributed by atoms with Gasteiger partial charge in [-0.05, 0) is 32.9 Å². The zero-order valence-corrected chi connectivity index (χ0v) is 7.09. The van der Waals surface area contributed by atoms with Crippen molar-refractivity contribution in [1.29, 1.82) is 0 Å². The fourth-order valence-electron chi connectivity index (χ4n) is 0.720. The molecule has 59 valence electrons. The van der Waals surface area contributed by atoms with Crippen LogP contribution in [0, 0.1) is 6.20 Å². The molecule has 0 fully saturated rings. The fourth-order valence-corrected chi connectivity index (χ4v) is 0.720. The Hall–Kier alpha value is -1.05. The molecule has 1 rings (SSSR count). The van der Waals surface area contributed by atoms with E-state index >= 15 is 0 Å². The Bertz CT molecular complexity index is 213. The van der Waals surface area contributed by atoms with Crippen LogP contribution in [0.3, 0.4) is 0 Å². The van der Waals surface area contributed by atoms with Crippen LogP contribution in [0.1, 0.15) is 20.8 Å². The zero-order valence-electron chi connectivity index (χ0n) is 7.09. The maximum absolute atomic E-state index is 5.52. The van der Waals surface area contributed by atoms with Crippen molar-refractivity contribution < 1.29 is 4.74 Å². The van der Waals surface area contributed by atoms with Crippen molar-refractivity contribution in [3.05, 3.63) is 24.5 Å². The van der Waals surface area contributed by atoms with E-state index in [1.165, 1.54) is 0 Å². The predicted octanol–water partition coefficient (Wildman–Crippen LogP) is 2.06. The molecule has 0 aliphatic carbocycles. The van der Waals surface area contributed by atoms with Crippen LogP contribution < -0.4 is 4.74 Å². The second-order valence-corrected chi connectivity index (χ2v) is 3.34. The number of pyridine rings is 1. The minimum atomic E-state index is -0.150. The summed E-state index contributed by atoms with van der Waals surface area (Å²) in [7, 11) is 0. The molecule has 1 heterocycles. The van der Waals surface area contributed by atoms with Gasteiger partial charge in [-0.2, -0.15) is 0 Å². The van der Waals surface area contributed by atoms with Crippen LogP contribution in [-0.2, 0) is 0 Å². The van der Waals surface area contributed by atoms with Crippen LogP contribution in [0.4, 0.5) is 0 Å². The molecule has 2 nitrogen and oxygen atoms in total. The van der Waals surface area contributed by atoms with E-state index in [0.717, 1.165) is 5.75 Å². The molecular weight excluding hydrogens is 138 g/mol. The van der Waals surface area contributed by atoms with Crippen molar-refractivity contribution in [2.24, 2.45) is 0 Å². The first-order valence-electron chi connectivity index (χ1n) is 3.59. The smallest absolute Gasteiger partial charge is 0.138 e. The van der Waals surface area contributed by atoms with Crippen LogP contribution in [0.2, 0.25) is 0 Å². The molecule has 0 saturated heterocycles. The van der Waals surface area contributed by atoms with Crippen molar-refractivity contribution in [2.75, 3.05) is 0 Å². The second kappa shape index (κ2) is 2.91. The van der Waals surface area contributed by atoms with E-state index in [-0.39, 0.29) is 5.60 Å². The standard InChI is InChI=1S/C9H12NO/c1-9(2,3)11-8-5-4-6-10-7-8/h4-5,7H,1-3H3. The number of rotatable bonds is 1. The van der Waals surface area contributed by atoms with Crippen molar-refractivity contribution >= 4 is 0 Å². The summed E-state index contributed by atoms with van der Waals surface area (Å²) in [6.07, 6.45) is 4.35. The maximum Gasteiger partial charge on any atom is 0.138 e. The third kappa shape index (κ3) is 3.03. The SMILES string of the molecule is CC(C)(C)Oc1cc[c]nc1.